The summed E-state index contributed by atoms with van der Waals surface area (Å²) in [7, 11) is 0. The maximum absolute atomic E-state index is 6.10. The predicted molar refractivity (Wildman–Crippen MR) is 67.1 cm³/mol. The number of nitrogens with two attached hydrogens (primary N) is 1. The normalized spacial score (nSPS) is 34.9. The van der Waals surface area contributed by atoms with Crippen molar-refractivity contribution < 1.29 is 0 Å². The summed E-state index contributed by atoms with van der Waals surface area (Å²) in [6.45, 7) is 2.45. The van der Waals surface area contributed by atoms with Crippen LogP contribution in [0.2, 0.25) is 0 Å². The molecule has 92 valence electrons. The monoisotopic (exact) mass is 222 g/mol. The van der Waals surface area contributed by atoms with Gasteiger partial charge in [-0.15, -0.1) is 0 Å². The summed E-state index contributed by atoms with van der Waals surface area (Å²) >= 11 is 0. The minimum atomic E-state index is 0.479. The molecule has 3 aliphatic carbocycles. The van der Waals surface area contributed by atoms with Crippen molar-refractivity contribution in [2.24, 2.45) is 29.4 Å². The van der Waals surface area contributed by atoms with Crippen LogP contribution in [0.1, 0.15) is 44.9 Å². The fraction of sp³-hybridized carbons (Fsp3) is 1.00. The van der Waals surface area contributed by atoms with Crippen LogP contribution in [-0.4, -0.2) is 19.1 Å². The molecule has 0 spiro atoms. The lowest BCUT2D eigenvalue weighted by atomic mass is 9.97. The molecule has 16 heavy (non-hydrogen) atoms. The van der Waals surface area contributed by atoms with Gasteiger partial charge >= 0.3 is 0 Å². The molecule has 0 aromatic rings. The Balaban J connectivity index is 1.38. The third kappa shape index (κ3) is 2.60. The van der Waals surface area contributed by atoms with Crippen LogP contribution in [-0.2, 0) is 0 Å². The van der Waals surface area contributed by atoms with Crippen LogP contribution >= 0.6 is 0 Å². The second-order valence-corrected chi connectivity index (χ2v) is 6.35. The lowest BCUT2D eigenvalue weighted by Gasteiger charge is -2.20. The molecule has 0 aliphatic heterocycles. The molecule has 0 aromatic heterocycles. The minimum Gasteiger partial charge on any atom is -0.327 e. The van der Waals surface area contributed by atoms with Crippen LogP contribution in [0.4, 0.5) is 0 Å². The lowest BCUT2D eigenvalue weighted by molar-refractivity contribution is 0.353. The summed E-state index contributed by atoms with van der Waals surface area (Å²) < 4.78 is 0. The smallest absolute Gasteiger partial charge is 0.00792 e. The summed E-state index contributed by atoms with van der Waals surface area (Å²) in [5.74, 6) is 3.94. The molecule has 0 radical (unpaired) electrons. The Kier molecular flexibility index (Phi) is 3.21. The van der Waals surface area contributed by atoms with Gasteiger partial charge in [-0.2, -0.15) is 0 Å². The molecule has 3 rings (SSSR count). The second kappa shape index (κ2) is 4.66. The van der Waals surface area contributed by atoms with E-state index in [9.17, 15) is 0 Å². The molecule has 0 aromatic carbocycles. The third-order valence-corrected chi connectivity index (χ3v) is 4.96. The van der Waals surface area contributed by atoms with E-state index in [1.165, 1.54) is 58.0 Å². The molecule has 2 nitrogen and oxygen atoms in total. The lowest BCUT2D eigenvalue weighted by Crippen LogP contribution is -2.35. The SMILES string of the molecule is NC1CCCC1CNCC(C1CC1)C1CC1. The van der Waals surface area contributed by atoms with Crippen molar-refractivity contribution in [2.45, 2.75) is 51.0 Å². The van der Waals surface area contributed by atoms with Gasteiger partial charge in [0.25, 0.3) is 0 Å². The van der Waals surface area contributed by atoms with Gasteiger partial charge in [-0.25, -0.2) is 0 Å². The first-order chi connectivity index (χ1) is 7.84. The highest BCUT2D eigenvalue weighted by molar-refractivity contribution is 4.92. The Morgan fingerprint density at radius 1 is 1.00 bits per heavy atom. The summed E-state index contributed by atoms with van der Waals surface area (Å²) in [5, 5.41) is 3.72. The fourth-order valence-electron chi connectivity index (χ4n) is 3.52. The zero-order valence-electron chi connectivity index (χ0n) is 10.3. The van der Waals surface area contributed by atoms with Gasteiger partial charge in [-0.3, -0.25) is 0 Å². The van der Waals surface area contributed by atoms with Crippen molar-refractivity contribution in [1.82, 2.24) is 5.32 Å². The topological polar surface area (TPSA) is 38.0 Å². The summed E-state index contributed by atoms with van der Waals surface area (Å²) in [6.07, 6.45) is 9.98. The van der Waals surface area contributed by atoms with Crippen LogP contribution in [0.15, 0.2) is 0 Å². The van der Waals surface area contributed by atoms with Crippen LogP contribution in [0, 0.1) is 23.7 Å². The molecule has 0 heterocycles. The summed E-state index contributed by atoms with van der Waals surface area (Å²) in [4.78, 5) is 0. The van der Waals surface area contributed by atoms with Gasteiger partial charge in [0, 0.05) is 6.04 Å². The molecule has 3 N–H and O–H groups in total. The van der Waals surface area contributed by atoms with Gasteiger partial charge in [-0.1, -0.05) is 6.42 Å². The van der Waals surface area contributed by atoms with Crippen LogP contribution < -0.4 is 11.1 Å². The molecule has 0 saturated heterocycles. The van der Waals surface area contributed by atoms with Crippen molar-refractivity contribution in [1.29, 1.82) is 0 Å². The molecule has 0 amide bonds. The van der Waals surface area contributed by atoms with Crippen LogP contribution in [0.5, 0.6) is 0 Å². The molecule has 3 saturated carbocycles. The van der Waals surface area contributed by atoms with E-state index in [4.69, 9.17) is 5.73 Å². The van der Waals surface area contributed by atoms with E-state index >= 15 is 0 Å². The summed E-state index contributed by atoms with van der Waals surface area (Å²) in [5.41, 5.74) is 6.10. The first-order valence-corrected chi connectivity index (χ1v) is 7.31. The van der Waals surface area contributed by atoms with E-state index in [-0.39, 0.29) is 0 Å². The van der Waals surface area contributed by atoms with Gasteiger partial charge in [0.15, 0.2) is 0 Å². The van der Waals surface area contributed by atoms with Crippen LogP contribution in [0.3, 0.4) is 0 Å². The summed E-state index contributed by atoms with van der Waals surface area (Å²) in [6, 6.07) is 0.479. The standard InChI is InChI=1S/C14H26N2/c15-14-3-1-2-12(14)8-16-9-13(10-4-5-10)11-6-7-11/h10-14,16H,1-9,15H2. The van der Waals surface area contributed by atoms with Crippen molar-refractivity contribution >= 4 is 0 Å². The number of hydrogen-bond donors (Lipinski definition) is 2. The Morgan fingerprint density at radius 3 is 2.19 bits per heavy atom. The Morgan fingerprint density at radius 2 is 1.69 bits per heavy atom. The predicted octanol–water partition coefficient (Wildman–Crippen LogP) is 2.14. The van der Waals surface area contributed by atoms with Crippen molar-refractivity contribution in [3.8, 4) is 0 Å². The average molecular weight is 222 g/mol. The molecule has 2 unspecified atom stereocenters. The zero-order chi connectivity index (χ0) is 11.0. The van der Waals surface area contributed by atoms with E-state index in [1.54, 1.807) is 0 Å². The van der Waals surface area contributed by atoms with Gasteiger partial charge < -0.3 is 11.1 Å². The molecule has 3 aliphatic rings. The van der Waals surface area contributed by atoms with Crippen molar-refractivity contribution in [2.75, 3.05) is 13.1 Å². The molecular weight excluding hydrogens is 196 g/mol. The maximum Gasteiger partial charge on any atom is 0.00792 e. The second-order valence-electron chi connectivity index (χ2n) is 6.35. The molecular formula is C14H26N2. The number of rotatable bonds is 6. The highest BCUT2D eigenvalue weighted by Gasteiger charge is 2.40. The van der Waals surface area contributed by atoms with Gasteiger partial charge in [0.05, 0.1) is 0 Å². The van der Waals surface area contributed by atoms with E-state index in [2.05, 4.69) is 5.32 Å². The Bertz CT molecular complexity index is 221. The zero-order valence-corrected chi connectivity index (χ0v) is 10.3. The molecule has 2 atom stereocenters. The first-order valence-electron chi connectivity index (χ1n) is 7.31. The quantitative estimate of drug-likeness (QED) is 0.722. The largest absolute Gasteiger partial charge is 0.327 e. The fourth-order valence-corrected chi connectivity index (χ4v) is 3.52. The Labute approximate surface area is 99.4 Å². The number of nitrogens with one attached hydrogen (secondary N) is 1. The van der Waals surface area contributed by atoms with E-state index in [0.717, 1.165) is 23.7 Å². The van der Waals surface area contributed by atoms with Gasteiger partial charge in [0.1, 0.15) is 0 Å². The van der Waals surface area contributed by atoms with Crippen LogP contribution in [0.25, 0.3) is 0 Å². The maximum atomic E-state index is 6.10. The minimum absolute atomic E-state index is 0.479. The molecule has 0 bridgehead atoms. The van der Waals surface area contributed by atoms with Gasteiger partial charge in [-0.05, 0) is 75.3 Å². The Hall–Kier alpha value is -0.0800. The average Bonchev–Trinajstić information content (AvgIpc) is 3.15. The van der Waals surface area contributed by atoms with E-state index < -0.39 is 0 Å². The van der Waals surface area contributed by atoms with Crippen molar-refractivity contribution in [3.05, 3.63) is 0 Å². The first kappa shape index (κ1) is 11.0. The van der Waals surface area contributed by atoms with E-state index in [1.807, 2.05) is 0 Å². The third-order valence-electron chi connectivity index (χ3n) is 4.96. The highest BCUT2D eigenvalue weighted by Crippen LogP contribution is 2.48. The molecule has 3 fully saturated rings. The van der Waals surface area contributed by atoms with E-state index in [0.29, 0.717) is 6.04 Å². The highest BCUT2D eigenvalue weighted by atomic mass is 14.9. The number of hydrogen-bond acceptors (Lipinski definition) is 2. The molecule has 2 heteroatoms. The van der Waals surface area contributed by atoms with Crippen molar-refractivity contribution in [3.63, 3.8) is 0 Å². The van der Waals surface area contributed by atoms with Gasteiger partial charge in [0.2, 0.25) is 0 Å².